The number of amides is 1. The van der Waals surface area contributed by atoms with Crippen LogP contribution in [0.3, 0.4) is 0 Å². The van der Waals surface area contributed by atoms with Crippen molar-refractivity contribution in [2.45, 2.75) is 65.8 Å². The summed E-state index contributed by atoms with van der Waals surface area (Å²) >= 11 is 3.22. The van der Waals surface area contributed by atoms with Crippen LogP contribution in [-0.2, 0) is 17.4 Å². The van der Waals surface area contributed by atoms with Gasteiger partial charge in [-0.25, -0.2) is 0 Å². The van der Waals surface area contributed by atoms with E-state index < -0.39 is 0 Å². The molecule has 3 rings (SSSR count). The van der Waals surface area contributed by atoms with Gasteiger partial charge in [0.05, 0.1) is 34.9 Å². The summed E-state index contributed by atoms with van der Waals surface area (Å²) in [7, 11) is 1.57. The fourth-order valence-corrected chi connectivity index (χ4v) is 4.85. The Bertz CT molecular complexity index is 1190. The highest BCUT2D eigenvalue weighted by Crippen LogP contribution is 2.40. The minimum Gasteiger partial charge on any atom is -0.507 e. The normalized spacial score (nSPS) is 14.7. The van der Waals surface area contributed by atoms with E-state index in [9.17, 15) is 14.7 Å². The number of nitrogens with one attached hydrogen (secondary N) is 1. The fourth-order valence-electron chi connectivity index (χ4n) is 4.43. The van der Waals surface area contributed by atoms with Gasteiger partial charge in [-0.05, 0) is 47.6 Å². The summed E-state index contributed by atoms with van der Waals surface area (Å²) in [4.78, 5) is 27.9. The van der Waals surface area contributed by atoms with Crippen LogP contribution < -0.4 is 10.1 Å². The quantitative estimate of drug-likeness (QED) is 0.457. The molecule has 0 fully saturated rings. The zero-order valence-corrected chi connectivity index (χ0v) is 24.0. The molecule has 0 atom stereocenters. The monoisotopic (exact) mass is 557 g/mol. The second-order valence-electron chi connectivity index (χ2n) is 11.1. The third-order valence-corrected chi connectivity index (χ3v) is 6.68. The van der Waals surface area contributed by atoms with E-state index in [1.54, 1.807) is 25.2 Å². The van der Waals surface area contributed by atoms with Gasteiger partial charge < -0.3 is 20.1 Å². The Balaban J connectivity index is 2.00. The second-order valence-corrected chi connectivity index (χ2v) is 11.5. The average Bonchev–Trinajstić information content (AvgIpc) is 3.12. The van der Waals surface area contributed by atoms with Crippen molar-refractivity contribution in [1.82, 2.24) is 10.2 Å². The second kappa shape index (κ2) is 10.2. The molecular formula is C28H36BrN3O4. The maximum atomic E-state index is 13.6. The van der Waals surface area contributed by atoms with Crippen molar-refractivity contribution in [2.75, 3.05) is 20.2 Å². The number of fused-ring (bicyclic) bond motifs is 1. The van der Waals surface area contributed by atoms with Crippen molar-refractivity contribution >= 4 is 33.7 Å². The summed E-state index contributed by atoms with van der Waals surface area (Å²) in [6, 6.07) is 7.22. The van der Waals surface area contributed by atoms with Crippen LogP contribution >= 0.6 is 16.1 Å². The molecule has 0 aromatic heterocycles. The van der Waals surface area contributed by atoms with Gasteiger partial charge in [-0.2, -0.15) is 4.02 Å². The van der Waals surface area contributed by atoms with Gasteiger partial charge in [-0.15, -0.1) is 0 Å². The number of ketones is 1. The van der Waals surface area contributed by atoms with E-state index in [2.05, 4.69) is 25.5 Å². The Morgan fingerprint density at radius 2 is 1.67 bits per heavy atom. The van der Waals surface area contributed by atoms with E-state index in [-0.39, 0.29) is 34.8 Å². The van der Waals surface area contributed by atoms with E-state index in [0.29, 0.717) is 35.9 Å². The van der Waals surface area contributed by atoms with Crippen LogP contribution in [0.2, 0.25) is 0 Å². The zero-order valence-electron chi connectivity index (χ0n) is 22.4. The van der Waals surface area contributed by atoms with Gasteiger partial charge in [0.25, 0.3) is 5.91 Å². The number of hydrogen-bond donors (Lipinski definition) is 2. The standard InChI is InChI=1S/C28H36BrN3O4/c1-9-36-23-12-17-14-32(25(31-29)18(17)13-19(23)26(35)30-8)15-22(33)16-10-20(27(2,3)4)24(34)21(11-16)28(5,6)7/h10-13,34H,9,14-15H2,1-8H3,(H,30,35). The predicted octanol–water partition coefficient (Wildman–Crippen LogP) is 5.50. The molecule has 0 bridgehead atoms. The SMILES string of the molecule is CCOc1cc2c(cc1C(=O)NC)C(=NBr)N(CC(=O)c1cc(C(C)(C)C)c(O)c(C(C)(C)C)c1)C2. The Labute approximate surface area is 222 Å². The van der Waals surface area contributed by atoms with Crippen molar-refractivity contribution in [3.05, 3.63) is 57.6 Å². The maximum absolute atomic E-state index is 13.6. The molecule has 194 valence electrons. The van der Waals surface area contributed by atoms with Crippen LogP contribution in [0.5, 0.6) is 11.5 Å². The van der Waals surface area contributed by atoms with Crippen molar-refractivity contribution in [3.8, 4) is 11.5 Å². The first kappa shape index (κ1) is 27.7. The van der Waals surface area contributed by atoms with Crippen molar-refractivity contribution in [1.29, 1.82) is 0 Å². The van der Waals surface area contributed by atoms with Crippen molar-refractivity contribution in [2.24, 2.45) is 4.02 Å². The van der Waals surface area contributed by atoms with E-state index in [1.165, 1.54) is 0 Å². The van der Waals surface area contributed by atoms with E-state index in [0.717, 1.165) is 22.3 Å². The zero-order chi connectivity index (χ0) is 27.0. The first-order chi connectivity index (χ1) is 16.7. The molecular weight excluding hydrogens is 522 g/mol. The third kappa shape index (κ3) is 5.43. The summed E-state index contributed by atoms with van der Waals surface area (Å²) in [6.07, 6.45) is 0. The lowest BCUT2D eigenvalue weighted by atomic mass is 9.78. The number of carbonyl (C=O) groups excluding carboxylic acids is 2. The predicted molar refractivity (Wildman–Crippen MR) is 147 cm³/mol. The number of hydrogen-bond acceptors (Lipinski definition) is 5. The number of nitrogens with zero attached hydrogens (tertiary/aromatic N) is 2. The van der Waals surface area contributed by atoms with Crippen LogP contribution in [-0.4, -0.2) is 47.7 Å². The molecule has 36 heavy (non-hydrogen) atoms. The number of aromatic hydroxyl groups is 1. The largest absolute Gasteiger partial charge is 0.507 e. The number of amidine groups is 1. The lowest BCUT2D eigenvalue weighted by Gasteiger charge is -2.28. The van der Waals surface area contributed by atoms with Crippen molar-refractivity contribution in [3.63, 3.8) is 0 Å². The first-order valence-electron chi connectivity index (χ1n) is 12.1. The molecule has 0 spiro atoms. The molecule has 0 saturated carbocycles. The summed E-state index contributed by atoms with van der Waals surface area (Å²) < 4.78 is 10.00. The maximum Gasteiger partial charge on any atom is 0.254 e. The van der Waals surface area contributed by atoms with Gasteiger partial charge in [0.2, 0.25) is 0 Å². The molecule has 1 aliphatic rings. The Hall–Kier alpha value is -2.87. The summed E-state index contributed by atoms with van der Waals surface area (Å²) in [6.45, 7) is 15.0. The molecule has 0 unspecified atom stereocenters. The van der Waals surface area contributed by atoms with E-state index >= 15 is 0 Å². The minimum absolute atomic E-state index is 0.0796. The Kier molecular flexibility index (Phi) is 7.89. The number of rotatable bonds is 6. The lowest BCUT2D eigenvalue weighted by molar-refractivity contribution is 0.0953. The van der Waals surface area contributed by atoms with Crippen LogP contribution in [0.25, 0.3) is 0 Å². The molecule has 0 saturated heterocycles. The number of Topliss-reactive ketones (excluding diaryl/α,β-unsaturated/α-hetero) is 1. The highest BCUT2D eigenvalue weighted by molar-refractivity contribution is 9.08. The smallest absolute Gasteiger partial charge is 0.254 e. The van der Waals surface area contributed by atoms with Crippen LogP contribution in [0.4, 0.5) is 0 Å². The average molecular weight is 559 g/mol. The molecule has 2 aromatic rings. The fraction of sp³-hybridized carbons (Fsp3) is 0.464. The van der Waals surface area contributed by atoms with Crippen LogP contribution in [0, 0.1) is 0 Å². The van der Waals surface area contributed by atoms with Gasteiger partial charge in [-0.1, -0.05) is 41.5 Å². The number of phenolic OH excluding ortho intramolecular Hbond substituents is 1. The van der Waals surface area contributed by atoms with Crippen LogP contribution in [0.1, 0.15) is 91.4 Å². The first-order valence-corrected chi connectivity index (χ1v) is 12.8. The van der Waals surface area contributed by atoms with Gasteiger partial charge in [0.1, 0.15) is 17.3 Å². The molecule has 0 radical (unpaired) electrons. The Morgan fingerprint density at radius 3 is 2.14 bits per heavy atom. The van der Waals surface area contributed by atoms with Crippen LogP contribution in [0.15, 0.2) is 28.3 Å². The number of ether oxygens (including phenoxy) is 1. The van der Waals surface area contributed by atoms with Gasteiger partial charge in [0, 0.05) is 35.8 Å². The third-order valence-electron chi connectivity index (χ3n) is 6.34. The summed E-state index contributed by atoms with van der Waals surface area (Å²) in [5, 5.41) is 13.7. The topological polar surface area (TPSA) is 91.2 Å². The number of phenols is 1. The molecule has 1 amide bonds. The summed E-state index contributed by atoms with van der Waals surface area (Å²) in [5.41, 5.74) is 3.49. The summed E-state index contributed by atoms with van der Waals surface area (Å²) in [5.74, 6) is 0.994. The Morgan fingerprint density at radius 1 is 1.08 bits per heavy atom. The van der Waals surface area contributed by atoms with Gasteiger partial charge >= 0.3 is 0 Å². The lowest BCUT2D eigenvalue weighted by Crippen LogP contribution is -2.31. The van der Waals surface area contributed by atoms with Crippen molar-refractivity contribution < 1.29 is 19.4 Å². The van der Waals surface area contributed by atoms with E-state index in [1.807, 2.05) is 59.4 Å². The molecule has 0 aliphatic carbocycles. The highest BCUT2D eigenvalue weighted by Gasteiger charge is 2.32. The number of carbonyl (C=O) groups is 2. The number of benzene rings is 2. The number of halogens is 1. The molecule has 7 nitrogen and oxygen atoms in total. The molecule has 8 heteroatoms. The van der Waals surface area contributed by atoms with E-state index in [4.69, 9.17) is 4.74 Å². The van der Waals surface area contributed by atoms with Gasteiger partial charge in [-0.3, -0.25) is 9.59 Å². The minimum atomic E-state index is -0.335. The molecule has 2 aromatic carbocycles. The molecule has 1 aliphatic heterocycles. The highest BCUT2D eigenvalue weighted by atomic mass is 79.9. The van der Waals surface area contributed by atoms with Gasteiger partial charge in [0.15, 0.2) is 5.78 Å². The molecule has 1 heterocycles. The molecule has 2 N–H and O–H groups in total.